The Labute approximate surface area is 118 Å². The molecule has 0 unspecified atom stereocenters. The van der Waals surface area contributed by atoms with Crippen LogP contribution in [-0.4, -0.2) is 9.61 Å². The Morgan fingerprint density at radius 2 is 1.53 bits per heavy atom. The van der Waals surface area contributed by atoms with Gasteiger partial charge in [-0.25, -0.2) is 4.52 Å². The molecule has 0 amide bonds. The maximum Gasteiger partial charge on any atom is 0.0892 e. The quantitative estimate of drug-likeness (QED) is 0.430. The molecule has 0 N–H and O–H groups in total. The zero-order chi connectivity index (χ0) is 13.0. The zero-order valence-corrected chi connectivity index (χ0v) is 12.0. The van der Waals surface area contributed by atoms with E-state index in [0.29, 0.717) is 0 Å². The number of halogens is 1. The minimum absolute atomic E-state index is 1.02. The lowest BCUT2D eigenvalue weighted by Crippen LogP contribution is -1.92. The van der Waals surface area contributed by atoms with E-state index < -0.39 is 0 Å². The number of para-hydroxylation sites is 1. The normalized spacial score (nSPS) is 11.7. The number of rotatable bonds is 0. The van der Waals surface area contributed by atoms with E-state index in [4.69, 9.17) is 0 Å². The molecule has 4 rings (SSSR count). The number of pyridine rings is 1. The Bertz CT molecular complexity index is 938. The third-order valence-corrected chi connectivity index (χ3v) is 4.54. The summed E-state index contributed by atoms with van der Waals surface area (Å²) >= 11 is 3.67. The molecular formula is C16H11BrN2. The van der Waals surface area contributed by atoms with Crippen molar-refractivity contribution < 1.29 is 0 Å². The molecule has 0 radical (unpaired) electrons. The van der Waals surface area contributed by atoms with Gasteiger partial charge in [0.15, 0.2) is 0 Å². The van der Waals surface area contributed by atoms with Crippen molar-refractivity contribution in [3.63, 3.8) is 0 Å². The van der Waals surface area contributed by atoms with Gasteiger partial charge >= 0.3 is 0 Å². The SMILES string of the molecule is Cc1nn2c3ccccc3c3ccccc3c2c1Br. The number of benzene rings is 2. The molecule has 0 bridgehead atoms. The summed E-state index contributed by atoms with van der Waals surface area (Å²) in [4.78, 5) is 0. The molecule has 19 heavy (non-hydrogen) atoms. The van der Waals surface area contributed by atoms with Crippen LogP contribution in [0.4, 0.5) is 0 Å². The lowest BCUT2D eigenvalue weighted by molar-refractivity contribution is 0.974. The second kappa shape index (κ2) is 3.81. The van der Waals surface area contributed by atoms with Crippen LogP contribution < -0.4 is 0 Å². The summed E-state index contributed by atoms with van der Waals surface area (Å²) in [6.45, 7) is 2.03. The average molecular weight is 311 g/mol. The minimum Gasteiger partial charge on any atom is -0.231 e. The van der Waals surface area contributed by atoms with E-state index in [1.54, 1.807) is 0 Å². The van der Waals surface area contributed by atoms with Crippen LogP contribution in [0.25, 0.3) is 27.2 Å². The molecule has 4 aromatic rings. The maximum atomic E-state index is 4.66. The summed E-state index contributed by atoms with van der Waals surface area (Å²) in [5.41, 5.74) is 3.30. The standard InChI is InChI=1S/C16H11BrN2/c1-10-15(17)16-13-8-3-2-6-11(13)12-7-4-5-9-14(12)19(16)18-10/h2-9H,1H3. The maximum absolute atomic E-state index is 4.66. The van der Waals surface area contributed by atoms with E-state index in [1.165, 1.54) is 16.2 Å². The Kier molecular flexibility index (Phi) is 2.21. The second-order valence-electron chi connectivity index (χ2n) is 4.72. The number of nitrogens with zero attached hydrogens (tertiary/aromatic N) is 2. The molecule has 2 heterocycles. The first-order valence-corrected chi connectivity index (χ1v) is 7.01. The number of aryl methyl sites for hydroxylation is 1. The fourth-order valence-corrected chi connectivity index (χ4v) is 3.19. The Morgan fingerprint density at radius 3 is 2.32 bits per heavy atom. The van der Waals surface area contributed by atoms with Gasteiger partial charge in [-0.2, -0.15) is 5.10 Å². The van der Waals surface area contributed by atoms with Crippen LogP contribution in [0.2, 0.25) is 0 Å². The van der Waals surface area contributed by atoms with Gasteiger partial charge in [0.1, 0.15) is 0 Å². The van der Waals surface area contributed by atoms with Crippen LogP contribution in [0.1, 0.15) is 5.69 Å². The summed E-state index contributed by atoms with van der Waals surface area (Å²) in [6.07, 6.45) is 0. The van der Waals surface area contributed by atoms with Crippen LogP contribution in [0.15, 0.2) is 53.0 Å². The predicted molar refractivity (Wildman–Crippen MR) is 82.6 cm³/mol. The summed E-state index contributed by atoms with van der Waals surface area (Å²) in [6, 6.07) is 16.9. The summed E-state index contributed by atoms with van der Waals surface area (Å²) in [5.74, 6) is 0. The van der Waals surface area contributed by atoms with Crippen molar-refractivity contribution in [3.8, 4) is 0 Å². The van der Waals surface area contributed by atoms with Gasteiger partial charge < -0.3 is 0 Å². The second-order valence-corrected chi connectivity index (χ2v) is 5.52. The molecule has 0 saturated heterocycles. The van der Waals surface area contributed by atoms with E-state index in [-0.39, 0.29) is 0 Å². The molecule has 0 spiro atoms. The van der Waals surface area contributed by atoms with Crippen LogP contribution >= 0.6 is 15.9 Å². The largest absolute Gasteiger partial charge is 0.231 e. The van der Waals surface area contributed by atoms with Crippen LogP contribution in [0.3, 0.4) is 0 Å². The highest BCUT2D eigenvalue weighted by molar-refractivity contribution is 9.10. The van der Waals surface area contributed by atoms with Crippen molar-refractivity contribution >= 4 is 43.1 Å². The first kappa shape index (κ1) is 11.0. The zero-order valence-electron chi connectivity index (χ0n) is 10.4. The van der Waals surface area contributed by atoms with Gasteiger partial charge in [0.05, 0.1) is 21.2 Å². The molecule has 0 aliphatic rings. The van der Waals surface area contributed by atoms with Crippen molar-refractivity contribution in [2.24, 2.45) is 0 Å². The van der Waals surface area contributed by atoms with Crippen LogP contribution in [-0.2, 0) is 0 Å². The fourth-order valence-electron chi connectivity index (χ4n) is 2.73. The number of hydrogen-bond acceptors (Lipinski definition) is 1. The van der Waals surface area contributed by atoms with Gasteiger partial charge in [-0.3, -0.25) is 0 Å². The lowest BCUT2D eigenvalue weighted by atomic mass is 10.1. The van der Waals surface area contributed by atoms with E-state index in [0.717, 1.165) is 21.2 Å². The minimum atomic E-state index is 1.02. The summed E-state index contributed by atoms with van der Waals surface area (Å²) < 4.78 is 3.12. The molecule has 0 saturated carbocycles. The molecule has 0 atom stereocenters. The molecule has 2 nitrogen and oxygen atoms in total. The molecule has 0 aliphatic heterocycles. The highest BCUT2D eigenvalue weighted by Crippen LogP contribution is 2.34. The molecule has 0 fully saturated rings. The van der Waals surface area contributed by atoms with E-state index >= 15 is 0 Å². The van der Waals surface area contributed by atoms with Gasteiger partial charge in [-0.1, -0.05) is 42.5 Å². The van der Waals surface area contributed by atoms with E-state index in [2.05, 4.69) is 69.6 Å². The van der Waals surface area contributed by atoms with Crippen molar-refractivity contribution in [2.45, 2.75) is 6.92 Å². The first-order valence-electron chi connectivity index (χ1n) is 6.21. The van der Waals surface area contributed by atoms with Gasteiger partial charge in [0, 0.05) is 10.8 Å². The van der Waals surface area contributed by atoms with E-state index in [9.17, 15) is 0 Å². The van der Waals surface area contributed by atoms with Crippen molar-refractivity contribution in [1.29, 1.82) is 0 Å². The first-order chi connectivity index (χ1) is 9.27. The van der Waals surface area contributed by atoms with Crippen molar-refractivity contribution in [3.05, 3.63) is 58.7 Å². The Hall–Kier alpha value is -1.87. The molecule has 2 aromatic heterocycles. The Morgan fingerprint density at radius 1 is 0.895 bits per heavy atom. The monoisotopic (exact) mass is 310 g/mol. The molecular weight excluding hydrogens is 300 g/mol. The van der Waals surface area contributed by atoms with Gasteiger partial charge in [-0.05, 0) is 34.3 Å². The fraction of sp³-hybridized carbons (Fsp3) is 0.0625. The van der Waals surface area contributed by atoms with Crippen LogP contribution in [0, 0.1) is 6.92 Å². The smallest absolute Gasteiger partial charge is 0.0892 e. The third kappa shape index (κ3) is 1.39. The van der Waals surface area contributed by atoms with E-state index in [1.807, 2.05) is 11.4 Å². The van der Waals surface area contributed by atoms with Crippen molar-refractivity contribution in [2.75, 3.05) is 0 Å². The average Bonchev–Trinajstić information content (AvgIpc) is 2.76. The van der Waals surface area contributed by atoms with Gasteiger partial charge in [0.2, 0.25) is 0 Å². The van der Waals surface area contributed by atoms with Gasteiger partial charge in [0.25, 0.3) is 0 Å². The lowest BCUT2D eigenvalue weighted by Gasteiger charge is -2.07. The molecule has 2 aromatic carbocycles. The van der Waals surface area contributed by atoms with Crippen molar-refractivity contribution in [1.82, 2.24) is 9.61 Å². The predicted octanol–water partition coefficient (Wildman–Crippen LogP) is 4.71. The summed E-state index contributed by atoms with van der Waals surface area (Å²) in [5, 5.41) is 8.40. The highest BCUT2D eigenvalue weighted by atomic mass is 79.9. The molecule has 3 heteroatoms. The van der Waals surface area contributed by atoms with Crippen LogP contribution in [0.5, 0.6) is 0 Å². The topological polar surface area (TPSA) is 17.3 Å². The number of hydrogen-bond donors (Lipinski definition) is 0. The molecule has 92 valence electrons. The Balaban J connectivity index is 2.47. The molecule has 0 aliphatic carbocycles. The highest BCUT2D eigenvalue weighted by Gasteiger charge is 2.13. The number of fused-ring (bicyclic) bond motifs is 6. The van der Waals surface area contributed by atoms with Gasteiger partial charge in [-0.15, -0.1) is 0 Å². The summed E-state index contributed by atoms with van der Waals surface area (Å²) in [7, 11) is 0. The third-order valence-electron chi connectivity index (χ3n) is 3.59. The number of aromatic nitrogens is 2.